The van der Waals surface area contributed by atoms with Gasteiger partial charge in [0.25, 0.3) is 0 Å². The van der Waals surface area contributed by atoms with E-state index in [0.29, 0.717) is 6.61 Å². The van der Waals surface area contributed by atoms with E-state index >= 15 is 0 Å². The third kappa shape index (κ3) is 1.98. The van der Waals surface area contributed by atoms with Crippen molar-refractivity contribution < 1.29 is 14.3 Å². The molecule has 2 aliphatic rings. The number of ether oxygens (including phenoxy) is 1. The normalized spacial score (nSPS) is 26.1. The lowest BCUT2D eigenvalue weighted by Gasteiger charge is -2.38. The first-order valence-electron chi connectivity index (χ1n) is 6.79. The van der Waals surface area contributed by atoms with Crippen LogP contribution in [0.1, 0.15) is 18.1 Å². The predicted molar refractivity (Wildman–Crippen MR) is 73.2 cm³/mol. The summed E-state index contributed by atoms with van der Waals surface area (Å²) in [5.74, 6) is -0.162. The molecule has 0 radical (unpaired) electrons. The molecule has 0 saturated carbocycles. The molecule has 1 unspecified atom stereocenters. The van der Waals surface area contributed by atoms with E-state index in [-0.39, 0.29) is 25.0 Å². The predicted octanol–water partition coefficient (Wildman–Crippen LogP) is 1.37. The second-order valence-electron chi connectivity index (χ2n) is 5.60. The van der Waals surface area contributed by atoms with Crippen molar-refractivity contribution in [1.29, 1.82) is 0 Å². The summed E-state index contributed by atoms with van der Waals surface area (Å²) in [6.45, 7) is 2.98. The smallest absolute Gasteiger partial charge is 0.327 e. The van der Waals surface area contributed by atoms with E-state index in [4.69, 9.17) is 4.74 Å². The highest BCUT2D eigenvalue weighted by Gasteiger charge is 2.42. The van der Waals surface area contributed by atoms with E-state index in [1.54, 1.807) is 7.05 Å². The number of benzene rings is 1. The number of urea groups is 1. The van der Waals surface area contributed by atoms with E-state index in [1.165, 1.54) is 15.4 Å². The van der Waals surface area contributed by atoms with Gasteiger partial charge >= 0.3 is 6.03 Å². The van der Waals surface area contributed by atoms with Crippen LogP contribution in [0.4, 0.5) is 4.79 Å². The van der Waals surface area contributed by atoms with Gasteiger partial charge < -0.3 is 9.64 Å². The van der Waals surface area contributed by atoms with Crippen molar-refractivity contribution in [3.63, 3.8) is 0 Å². The lowest BCUT2D eigenvalue weighted by molar-refractivity contribution is -0.130. The number of likely N-dealkylation sites (N-methyl/N-ethyl adjacent to an activating group) is 1. The number of amides is 3. The lowest BCUT2D eigenvalue weighted by atomic mass is 9.87. The summed E-state index contributed by atoms with van der Waals surface area (Å²) in [5, 5.41) is 0. The molecule has 2 heterocycles. The summed E-state index contributed by atoms with van der Waals surface area (Å²) >= 11 is 0. The highest BCUT2D eigenvalue weighted by Crippen LogP contribution is 2.34. The molecule has 20 heavy (non-hydrogen) atoms. The van der Waals surface area contributed by atoms with Crippen LogP contribution >= 0.6 is 0 Å². The zero-order valence-electron chi connectivity index (χ0n) is 11.8. The molecular formula is C15H18N2O3. The minimum Gasteiger partial charge on any atom is -0.368 e. The standard InChI is InChI=1S/C15H18N2O3/c1-15(10-17-13(18)9-16(2)14(17)19)12-6-4-3-5-11(12)7-8-20-15/h3-6H,7-10H2,1-2H3. The van der Waals surface area contributed by atoms with Crippen molar-refractivity contribution in [2.24, 2.45) is 0 Å². The molecule has 1 atom stereocenters. The molecule has 0 spiro atoms. The fourth-order valence-corrected chi connectivity index (χ4v) is 2.98. The van der Waals surface area contributed by atoms with Crippen LogP contribution in [-0.2, 0) is 21.6 Å². The van der Waals surface area contributed by atoms with Crippen LogP contribution in [0.3, 0.4) is 0 Å². The lowest BCUT2D eigenvalue weighted by Crippen LogP contribution is -2.46. The molecule has 1 aromatic rings. The SMILES string of the molecule is CN1CC(=O)N(CC2(C)OCCc3ccccc32)C1=O. The molecule has 0 aliphatic carbocycles. The number of nitrogens with zero attached hydrogens (tertiary/aromatic N) is 2. The van der Waals surface area contributed by atoms with Crippen LogP contribution in [0, 0.1) is 0 Å². The van der Waals surface area contributed by atoms with Gasteiger partial charge in [-0.2, -0.15) is 0 Å². The van der Waals surface area contributed by atoms with Gasteiger partial charge in [0.2, 0.25) is 5.91 Å². The van der Waals surface area contributed by atoms with E-state index < -0.39 is 5.60 Å². The minimum atomic E-state index is -0.620. The van der Waals surface area contributed by atoms with Crippen molar-refractivity contribution in [2.45, 2.75) is 18.9 Å². The molecule has 1 fully saturated rings. The number of rotatable bonds is 2. The monoisotopic (exact) mass is 274 g/mol. The molecule has 5 heteroatoms. The van der Waals surface area contributed by atoms with Crippen molar-refractivity contribution >= 4 is 11.9 Å². The molecule has 5 nitrogen and oxygen atoms in total. The topological polar surface area (TPSA) is 49.9 Å². The first kappa shape index (κ1) is 13.1. The maximum atomic E-state index is 12.0. The van der Waals surface area contributed by atoms with Crippen molar-refractivity contribution in [1.82, 2.24) is 9.80 Å². The van der Waals surface area contributed by atoms with E-state index in [0.717, 1.165) is 12.0 Å². The van der Waals surface area contributed by atoms with Crippen molar-refractivity contribution in [2.75, 3.05) is 26.7 Å². The number of hydrogen-bond donors (Lipinski definition) is 0. The highest BCUT2D eigenvalue weighted by molar-refractivity contribution is 6.01. The quantitative estimate of drug-likeness (QED) is 0.765. The number of imide groups is 1. The first-order valence-corrected chi connectivity index (χ1v) is 6.79. The van der Waals surface area contributed by atoms with E-state index in [1.807, 2.05) is 25.1 Å². The zero-order chi connectivity index (χ0) is 14.3. The average molecular weight is 274 g/mol. The van der Waals surface area contributed by atoms with Gasteiger partial charge in [-0.3, -0.25) is 9.69 Å². The summed E-state index contributed by atoms with van der Waals surface area (Å²) in [7, 11) is 1.64. The summed E-state index contributed by atoms with van der Waals surface area (Å²) in [6.07, 6.45) is 0.869. The first-order chi connectivity index (χ1) is 9.51. The minimum absolute atomic E-state index is 0.149. The number of hydrogen-bond acceptors (Lipinski definition) is 3. The Morgan fingerprint density at radius 3 is 2.75 bits per heavy atom. The summed E-state index contributed by atoms with van der Waals surface area (Å²) in [4.78, 5) is 26.7. The molecule has 3 amide bonds. The van der Waals surface area contributed by atoms with E-state index in [9.17, 15) is 9.59 Å². The van der Waals surface area contributed by atoms with Gasteiger partial charge in [0.05, 0.1) is 13.2 Å². The molecular weight excluding hydrogens is 256 g/mol. The van der Waals surface area contributed by atoms with Crippen molar-refractivity contribution in [3.8, 4) is 0 Å². The summed E-state index contributed by atoms with van der Waals surface area (Å²) in [5.41, 5.74) is 1.68. The van der Waals surface area contributed by atoms with Crippen LogP contribution in [0.25, 0.3) is 0 Å². The molecule has 0 bridgehead atoms. The van der Waals surface area contributed by atoms with Gasteiger partial charge in [0, 0.05) is 7.05 Å². The van der Waals surface area contributed by atoms with Gasteiger partial charge in [-0.15, -0.1) is 0 Å². The number of carbonyl (C=O) groups is 2. The molecule has 0 aromatic heterocycles. The Kier molecular flexibility index (Phi) is 3.01. The van der Waals surface area contributed by atoms with Crippen LogP contribution in [0.2, 0.25) is 0 Å². The number of carbonyl (C=O) groups excluding carboxylic acids is 2. The largest absolute Gasteiger partial charge is 0.368 e. The molecule has 1 saturated heterocycles. The van der Waals surface area contributed by atoms with Crippen LogP contribution in [0.5, 0.6) is 0 Å². The Balaban J connectivity index is 1.91. The van der Waals surface area contributed by atoms with Crippen LogP contribution < -0.4 is 0 Å². The Labute approximate surface area is 118 Å². The fourth-order valence-electron chi connectivity index (χ4n) is 2.98. The van der Waals surface area contributed by atoms with Crippen LogP contribution in [-0.4, -0.2) is 48.5 Å². The fraction of sp³-hybridized carbons (Fsp3) is 0.467. The molecule has 0 N–H and O–H groups in total. The van der Waals surface area contributed by atoms with Gasteiger partial charge in [-0.05, 0) is 24.5 Å². The molecule has 3 rings (SSSR count). The Morgan fingerprint density at radius 2 is 2.05 bits per heavy atom. The van der Waals surface area contributed by atoms with Gasteiger partial charge in [0.1, 0.15) is 12.1 Å². The Hall–Kier alpha value is -1.88. The zero-order valence-corrected chi connectivity index (χ0v) is 11.8. The Bertz CT molecular complexity index is 572. The molecule has 106 valence electrons. The summed E-state index contributed by atoms with van der Waals surface area (Å²) in [6, 6.07) is 7.82. The van der Waals surface area contributed by atoms with E-state index in [2.05, 4.69) is 6.07 Å². The van der Waals surface area contributed by atoms with Gasteiger partial charge in [0.15, 0.2) is 0 Å². The second kappa shape index (κ2) is 4.59. The third-order valence-electron chi connectivity index (χ3n) is 4.07. The van der Waals surface area contributed by atoms with Crippen molar-refractivity contribution in [3.05, 3.63) is 35.4 Å². The second-order valence-corrected chi connectivity index (χ2v) is 5.60. The maximum absolute atomic E-state index is 12.0. The number of fused-ring (bicyclic) bond motifs is 1. The Morgan fingerprint density at radius 1 is 1.30 bits per heavy atom. The average Bonchev–Trinajstić information content (AvgIpc) is 2.66. The maximum Gasteiger partial charge on any atom is 0.327 e. The van der Waals surface area contributed by atoms with Gasteiger partial charge in [-0.1, -0.05) is 24.3 Å². The third-order valence-corrected chi connectivity index (χ3v) is 4.07. The summed E-state index contributed by atoms with van der Waals surface area (Å²) < 4.78 is 5.92. The highest BCUT2D eigenvalue weighted by atomic mass is 16.5. The molecule has 1 aromatic carbocycles. The van der Waals surface area contributed by atoms with Gasteiger partial charge in [-0.25, -0.2) is 4.79 Å². The molecule has 2 aliphatic heterocycles. The van der Waals surface area contributed by atoms with Crippen LogP contribution in [0.15, 0.2) is 24.3 Å².